The highest BCUT2D eigenvalue weighted by Crippen LogP contribution is 2.24. The molecule has 0 spiro atoms. The average Bonchev–Trinajstić information content (AvgIpc) is 2.75. The maximum absolute atomic E-state index is 4.39. The van der Waals surface area contributed by atoms with E-state index in [4.69, 9.17) is 0 Å². The average molecular weight is 246 g/mol. The van der Waals surface area contributed by atoms with E-state index in [1.807, 2.05) is 6.92 Å². The minimum Gasteiger partial charge on any atom is -0.332 e. The highest BCUT2D eigenvalue weighted by atomic mass is 32.1. The number of nitrogens with zero attached hydrogens (tertiary/aromatic N) is 1. The Morgan fingerprint density at radius 1 is 1.29 bits per heavy atom. The molecule has 1 unspecified atom stereocenters. The summed E-state index contributed by atoms with van der Waals surface area (Å²) >= 11 is 1.64. The number of hydrogen-bond acceptors (Lipinski definition) is 3. The molecule has 0 aliphatic heterocycles. The van der Waals surface area contributed by atoms with Crippen LogP contribution in [0.3, 0.4) is 0 Å². The molecular formula is C14H18N2S. The Morgan fingerprint density at radius 2 is 2.00 bits per heavy atom. The van der Waals surface area contributed by atoms with Crippen LogP contribution >= 0.6 is 11.3 Å². The van der Waals surface area contributed by atoms with Crippen molar-refractivity contribution in [1.29, 1.82) is 0 Å². The standard InChI is InChI=1S/C14H18N2S/c1-4-10(2)12-5-7-13(8-6-12)16-14-15-11(3)9-17-14/h5-10H,4H2,1-3H3,(H,15,16). The van der Waals surface area contributed by atoms with Crippen molar-refractivity contribution in [3.05, 3.63) is 40.9 Å². The van der Waals surface area contributed by atoms with Crippen molar-refractivity contribution in [1.82, 2.24) is 4.98 Å². The number of thiazole rings is 1. The van der Waals surface area contributed by atoms with Crippen molar-refractivity contribution in [3.8, 4) is 0 Å². The van der Waals surface area contributed by atoms with E-state index in [2.05, 4.69) is 53.8 Å². The molecule has 0 aliphatic rings. The van der Waals surface area contributed by atoms with E-state index in [1.165, 1.54) is 12.0 Å². The largest absolute Gasteiger partial charge is 0.332 e. The van der Waals surface area contributed by atoms with Gasteiger partial charge in [-0.05, 0) is 37.0 Å². The molecule has 0 saturated heterocycles. The Bertz CT molecular complexity index is 473. The fourth-order valence-corrected chi connectivity index (χ4v) is 2.37. The molecule has 0 aliphatic carbocycles. The molecule has 17 heavy (non-hydrogen) atoms. The number of aromatic nitrogens is 1. The van der Waals surface area contributed by atoms with Gasteiger partial charge < -0.3 is 5.32 Å². The SMILES string of the molecule is CCC(C)c1ccc(Nc2nc(C)cs2)cc1. The zero-order chi connectivity index (χ0) is 12.3. The maximum atomic E-state index is 4.39. The zero-order valence-corrected chi connectivity index (χ0v) is 11.3. The highest BCUT2D eigenvalue weighted by molar-refractivity contribution is 7.13. The Labute approximate surface area is 107 Å². The summed E-state index contributed by atoms with van der Waals surface area (Å²) in [6.45, 7) is 6.48. The van der Waals surface area contributed by atoms with E-state index < -0.39 is 0 Å². The van der Waals surface area contributed by atoms with Crippen LogP contribution in [0.4, 0.5) is 10.8 Å². The zero-order valence-electron chi connectivity index (χ0n) is 10.5. The van der Waals surface area contributed by atoms with Crippen molar-refractivity contribution >= 4 is 22.2 Å². The minimum atomic E-state index is 0.631. The monoisotopic (exact) mass is 246 g/mol. The second-order valence-corrected chi connectivity index (χ2v) is 5.21. The Morgan fingerprint density at radius 3 is 2.53 bits per heavy atom. The molecule has 2 nitrogen and oxygen atoms in total. The lowest BCUT2D eigenvalue weighted by atomic mass is 9.99. The van der Waals surface area contributed by atoms with Gasteiger partial charge in [0.2, 0.25) is 0 Å². The van der Waals surface area contributed by atoms with Crippen LogP contribution in [-0.2, 0) is 0 Å². The van der Waals surface area contributed by atoms with Crippen LogP contribution in [0, 0.1) is 6.92 Å². The lowest BCUT2D eigenvalue weighted by molar-refractivity contribution is 0.734. The molecule has 0 bridgehead atoms. The number of benzene rings is 1. The third-order valence-corrected chi connectivity index (χ3v) is 3.84. The van der Waals surface area contributed by atoms with Crippen molar-refractivity contribution in [3.63, 3.8) is 0 Å². The quantitative estimate of drug-likeness (QED) is 0.845. The third-order valence-electron chi connectivity index (χ3n) is 2.96. The van der Waals surface area contributed by atoms with Crippen molar-refractivity contribution < 1.29 is 0 Å². The van der Waals surface area contributed by atoms with E-state index in [0.717, 1.165) is 16.5 Å². The van der Waals surface area contributed by atoms with Crippen LogP contribution in [0.2, 0.25) is 0 Å². The molecule has 2 rings (SSSR count). The summed E-state index contributed by atoms with van der Waals surface area (Å²) in [5, 5.41) is 6.32. The molecule has 0 saturated carbocycles. The first kappa shape index (κ1) is 12.1. The minimum absolute atomic E-state index is 0.631. The van der Waals surface area contributed by atoms with Gasteiger partial charge in [0.25, 0.3) is 0 Å². The lowest BCUT2D eigenvalue weighted by Crippen LogP contribution is -1.93. The molecule has 1 aromatic carbocycles. The summed E-state index contributed by atoms with van der Waals surface area (Å²) in [6.07, 6.45) is 1.18. The van der Waals surface area contributed by atoms with Crippen LogP contribution in [-0.4, -0.2) is 4.98 Å². The second kappa shape index (κ2) is 5.32. The predicted octanol–water partition coefficient (Wildman–Crippen LogP) is 4.71. The van der Waals surface area contributed by atoms with Crippen molar-refractivity contribution in [2.75, 3.05) is 5.32 Å². The first-order chi connectivity index (χ1) is 8.19. The number of rotatable bonds is 4. The molecule has 0 radical (unpaired) electrons. The summed E-state index contributed by atoms with van der Waals surface area (Å²) < 4.78 is 0. The molecule has 2 aromatic rings. The van der Waals surface area contributed by atoms with Crippen LogP contribution in [0.15, 0.2) is 29.6 Å². The summed E-state index contributed by atoms with van der Waals surface area (Å²) in [6, 6.07) is 8.63. The number of nitrogens with one attached hydrogen (secondary N) is 1. The van der Waals surface area contributed by atoms with Gasteiger partial charge in [-0.1, -0.05) is 26.0 Å². The predicted molar refractivity (Wildman–Crippen MR) is 75.3 cm³/mol. The molecule has 0 fully saturated rings. The first-order valence-corrected chi connectivity index (χ1v) is 6.86. The molecule has 1 aromatic heterocycles. The smallest absolute Gasteiger partial charge is 0.187 e. The molecular weight excluding hydrogens is 228 g/mol. The van der Waals surface area contributed by atoms with Crippen LogP contribution < -0.4 is 5.32 Å². The number of hydrogen-bond donors (Lipinski definition) is 1. The van der Waals surface area contributed by atoms with Gasteiger partial charge in [0.05, 0.1) is 5.69 Å². The molecule has 90 valence electrons. The van der Waals surface area contributed by atoms with Crippen LogP contribution in [0.1, 0.15) is 37.4 Å². The summed E-state index contributed by atoms with van der Waals surface area (Å²) in [5.41, 5.74) is 3.56. The van der Waals surface area contributed by atoms with Crippen LogP contribution in [0.5, 0.6) is 0 Å². The van der Waals surface area contributed by atoms with Gasteiger partial charge >= 0.3 is 0 Å². The summed E-state index contributed by atoms with van der Waals surface area (Å²) in [7, 11) is 0. The highest BCUT2D eigenvalue weighted by Gasteiger charge is 2.03. The number of aryl methyl sites for hydroxylation is 1. The summed E-state index contributed by atoms with van der Waals surface area (Å²) in [5.74, 6) is 0.631. The first-order valence-electron chi connectivity index (χ1n) is 5.98. The van der Waals surface area contributed by atoms with E-state index in [0.29, 0.717) is 5.92 Å². The Balaban J connectivity index is 2.08. The van der Waals surface area contributed by atoms with E-state index in [9.17, 15) is 0 Å². The fourth-order valence-electron chi connectivity index (χ4n) is 1.67. The Hall–Kier alpha value is -1.35. The number of anilines is 2. The van der Waals surface area contributed by atoms with Crippen molar-refractivity contribution in [2.45, 2.75) is 33.1 Å². The fraction of sp³-hybridized carbons (Fsp3) is 0.357. The molecule has 1 heterocycles. The van der Waals surface area contributed by atoms with Crippen molar-refractivity contribution in [2.24, 2.45) is 0 Å². The third kappa shape index (κ3) is 3.07. The van der Waals surface area contributed by atoms with Gasteiger partial charge in [-0.15, -0.1) is 11.3 Å². The molecule has 0 amide bonds. The van der Waals surface area contributed by atoms with Gasteiger partial charge in [-0.2, -0.15) is 0 Å². The van der Waals surface area contributed by atoms with Gasteiger partial charge in [-0.3, -0.25) is 0 Å². The normalized spacial score (nSPS) is 12.4. The van der Waals surface area contributed by atoms with E-state index in [-0.39, 0.29) is 0 Å². The topological polar surface area (TPSA) is 24.9 Å². The van der Waals surface area contributed by atoms with E-state index >= 15 is 0 Å². The van der Waals surface area contributed by atoms with Gasteiger partial charge in [0.1, 0.15) is 0 Å². The van der Waals surface area contributed by atoms with Gasteiger partial charge in [0, 0.05) is 11.1 Å². The van der Waals surface area contributed by atoms with Gasteiger partial charge in [-0.25, -0.2) is 4.98 Å². The Kier molecular flexibility index (Phi) is 3.79. The lowest BCUT2D eigenvalue weighted by Gasteiger charge is -2.09. The van der Waals surface area contributed by atoms with Crippen LogP contribution in [0.25, 0.3) is 0 Å². The summed E-state index contributed by atoms with van der Waals surface area (Å²) in [4.78, 5) is 4.39. The second-order valence-electron chi connectivity index (χ2n) is 4.35. The van der Waals surface area contributed by atoms with Gasteiger partial charge in [0.15, 0.2) is 5.13 Å². The molecule has 1 atom stereocenters. The molecule has 1 N–H and O–H groups in total. The molecule has 3 heteroatoms. The maximum Gasteiger partial charge on any atom is 0.187 e. The van der Waals surface area contributed by atoms with E-state index in [1.54, 1.807) is 11.3 Å².